The Morgan fingerprint density at radius 1 is 1.16 bits per heavy atom. The van der Waals surface area contributed by atoms with E-state index in [0.717, 1.165) is 17.5 Å². The normalized spacial score (nSPS) is 15.6. The first-order chi connectivity index (χ1) is 12.0. The summed E-state index contributed by atoms with van der Waals surface area (Å²) in [6.45, 7) is 2.07. The monoisotopic (exact) mass is 372 g/mol. The van der Waals surface area contributed by atoms with Crippen molar-refractivity contribution in [3.05, 3.63) is 74.0 Å². The number of hydrogen-bond acceptors (Lipinski definition) is 2. The van der Waals surface area contributed by atoms with Crippen LogP contribution in [-0.2, 0) is 6.42 Å². The maximum absolute atomic E-state index is 12.8. The molecule has 1 N–H and O–H groups in total. The van der Waals surface area contributed by atoms with Crippen LogP contribution in [0.1, 0.15) is 28.9 Å². The number of nitrogens with one attached hydrogen (secondary N) is 1. The van der Waals surface area contributed by atoms with Crippen LogP contribution in [0.5, 0.6) is 0 Å². The average Bonchev–Trinajstić information content (AvgIpc) is 2.90. The fourth-order valence-electron chi connectivity index (χ4n) is 3.38. The number of amides is 1. The third kappa shape index (κ3) is 2.53. The number of para-hydroxylation sites is 2. The topological polar surface area (TPSA) is 51.1 Å². The van der Waals surface area contributed by atoms with Crippen molar-refractivity contribution in [2.24, 2.45) is 0 Å². The minimum Gasteiger partial charge on any atom is -0.343 e. The van der Waals surface area contributed by atoms with Crippen molar-refractivity contribution in [1.29, 1.82) is 0 Å². The van der Waals surface area contributed by atoms with Crippen LogP contribution in [0.4, 0.5) is 5.69 Å². The number of halogens is 2. The number of nitrogens with zero attached hydrogens (tertiary/aromatic N) is 1. The number of carbonyl (C=O) groups excluding carboxylic acids is 1. The Hall–Kier alpha value is -2.30. The molecule has 1 aromatic heterocycles. The Morgan fingerprint density at radius 2 is 1.84 bits per heavy atom. The number of rotatable bonds is 2. The minimum atomic E-state index is -0.518. The fraction of sp³-hybridized carbons (Fsp3) is 0.158. The summed E-state index contributed by atoms with van der Waals surface area (Å²) in [5.74, 6) is -0.518. The standard InChI is InChI=1S/C19H14Cl2N2O2/c1-10-8-11-4-2-5-12-17(11)23(10)9-13(18(12)24)19(25)22-16-14(20)6-3-7-15(16)21/h2-7,9-10H,8H2,1H3,(H,22,25)/t10-/m1/s1. The molecule has 4 nitrogen and oxygen atoms in total. The predicted octanol–water partition coefficient (Wildman–Crippen LogP) is 4.68. The zero-order valence-corrected chi connectivity index (χ0v) is 14.9. The Bertz CT molecular complexity index is 1070. The lowest BCUT2D eigenvalue weighted by Gasteiger charge is -2.13. The molecule has 0 bridgehead atoms. The molecule has 0 radical (unpaired) electrons. The molecule has 0 unspecified atom stereocenters. The van der Waals surface area contributed by atoms with Crippen LogP contribution in [0.2, 0.25) is 10.0 Å². The number of hydrogen-bond donors (Lipinski definition) is 1. The van der Waals surface area contributed by atoms with Crippen molar-refractivity contribution < 1.29 is 4.79 Å². The molecule has 6 heteroatoms. The second-order valence-electron chi connectivity index (χ2n) is 6.20. The van der Waals surface area contributed by atoms with Crippen molar-refractivity contribution >= 4 is 45.7 Å². The van der Waals surface area contributed by atoms with Crippen molar-refractivity contribution in [2.45, 2.75) is 19.4 Å². The van der Waals surface area contributed by atoms with Crippen LogP contribution in [0, 0.1) is 0 Å². The molecule has 3 aromatic rings. The Kier molecular flexibility index (Phi) is 3.82. The zero-order valence-electron chi connectivity index (χ0n) is 13.3. The fourth-order valence-corrected chi connectivity index (χ4v) is 3.87. The maximum Gasteiger partial charge on any atom is 0.261 e. The van der Waals surface area contributed by atoms with E-state index in [1.165, 1.54) is 0 Å². The summed E-state index contributed by atoms with van der Waals surface area (Å²) in [6, 6.07) is 10.8. The molecular formula is C19H14Cl2N2O2. The number of benzene rings is 2. The third-order valence-corrected chi connectivity index (χ3v) is 5.20. The molecule has 0 aliphatic carbocycles. The van der Waals surface area contributed by atoms with E-state index in [1.807, 2.05) is 16.7 Å². The van der Waals surface area contributed by atoms with Gasteiger partial charge in [-0.3, -0.25) is 9.59 Å². The van der Waals surface area contributed by atoms with Gasteiger partial charge in [-0.2, -0.15) is 0 Å². The molecule has 1 amide bonds. The molecule has 0 fully saturated rings. The first-order valence-corrected chi connectivity index (χ1v) is 8.65. The first-order valence-electron chi connectivity index (χ1n) is 7.89. The number of pyridine rings is 1. The molecule has 25 heavy (non-hydrogen) atoms. The molecular weight excluding hydrogens is 359 g/mol. The van der Waals surface area contributed by atoms with Crippen molar-refractivity contribution in [1.82, 2.24) is 4.57 Å². The molecule has 2 heterocycles. The van der Waals surface area contributed by atoms with Crippen LogP contribution in [-0.4, -0.2) is 10.5 Å². The third-order valence-electron chi connectivity index (χ3n) is 4.57. The molecule has 1 aliphatic heterocycles. The van der Waals surface area contributed by atoms with Gasteiger partial charge in [0.25, 0.3) is 5.91 Å². The second kappa shape index (κ2) is 5.90. The highest BCUT2D eigenvalue weighted by atomic mass is 35.5. The Labute approximate surface area is 154 Å². The van der Waals surface area contributed by atoms with Crippen LogP contribution in [0.25, 0.3) is 10.9 Å². The van der Waals surface area contributed by atoms with Gasteiger partial charge in [-0.1, -0.05) is 41.4 Å². The largest absolute Gasteiger partial charge is 0.343 e. The number of aromatic nitrogens is 1. The van der Waals surface area contributed by atoms with Crippen molar-refractivity contribution in [2.75, 3.05) is 5.32 Å². The molecule has 0 saturated heterocycles. The summed E-state index contributed by atoms with van der Waals surface area (Å²) >= 11 is 12.2. The van der Waals surface area contributed by atoms with Gasteiger partial charge in [-0.05, 0) is 37.1 Å². The van der Waals surface area contributed by atoms with E-state index >= 15 is 0 Å². The molecule has 2 aromatic carbocycles. The summed E-state index contributed by atoms with van der Waals surface area (Å²) in [4.78, 5) is 25.6. The van der Waals surface area contributed by atoms with Gasteiger partial charge in [0.2, 0.25) is 5.43 Å². The van der Waals surface area contributed by atoms with Gasteiger partial charge in [0.1, 0.15) is 5.56 Å². The van der Waals surface area contributed by atoms with E-state index in [1.54, 1.807) is 30.5 Å². The van der Waals surface area contributed by atoms with Crippen molar-refractivity contribution in [3.63, 3.8) is 0 Å². The van der Waals surface area contributed by atoms with Gasteiger partial charge in [-0.25, -0.2) is 0 Å². The van der Waals surface area contributed by atoms with E-state index in [4.69, 9.17) is 23.2 Å². The molecule has 4 rings (SSSR count). The summed E-state index contributed by atoms with van der Waals surface area (Å²) in [5, 5.41) is 3.87. The summed E-state index contributed by atoms with van der Waals surface area (Å²) in [6.07, 6.45) is 2.48. The molecule has 1 aliphatic rings. The lowest BCUT2D eigenvalue weighted by Crippen LogP contribution is -2.24. The summed E-state index contributed by atoms with van der Waals surface area (Å²) < 4.78 is 2.00. The van der Waals surface area contributed by atoms with E-state index in [-0.39, 0.29) is 17.0 Å². The second-order valence-corrected chi connectivity index (χ2v) is 7.01. The van der Waals surface area contributed by atoms with E-state index in [2.05, 4.69) is 12.2 Å². The Morgan fingerprint density at radius 3 is 2.56 bits per heavy atom. The van der Waals surface area contributed by atoms with Crippen LogP contribution < -0.4 is 10.7 Å². The minimum absolute atomic E-state index is 0.0781. The zero-order chi connectivity index (χ0) is 17.7. The SMILES string of the molecule is C[C@@H]1Cc2cccc3c(=O)c(C(=O)Nc4c(Cl)cccc4Cl)cn1c23. The average molecular weight is 373 g/mol. The quantitative estimate of drug-likeness (QED) is 0.709. The molecule has 0 spiro atoms. The van der Waals surface area contributed by atoms with E-state index in [9.17, 15) is 9.59 Å². The lowest BCUT2D eigenvalue weighted by molar-refractivity contribution is 0.102. The first kappa shape index (κ1) is 16.2. The van der Waals surface area contributed by atoms with Gasteiger partial charge >= 0.3 is 0 Å². The van der Waals surface area contributed by atoms with Gasteiger partial charge < -0.3 is 9.88 Å². The number of carbonyl (C=O) groups is 1. The van der Waals surface area contributed by atoms with Crippen LogP contribution >= 0.6 is 23.2 Å². The highest BCUT2D eigenvalue weighted by Crippen LogP contribution is 2.32. The van der Waals surface area contributed by atoms with Gasteiger partial charge in [0.05, 0.1) is 21.2 Å². The molecule has 126 valence electrons. The van der Waals surface area contributed by atoms with Crippen LogP contribution in [0.3, 0.4) is 0 Å². The summed E-state index contributed by atoms with van der Waals surface area (Å²) in [7, 11) is 0. The van der Waals surface area contributed by atoms with Gasteiger partial charge in [0, 0.05) is 17.6 Å². The molecule has 1 atom stereocenters. The highest BCUT2D eigenvalue weighted by Gasteiger charge is 2.24. The van der Waals surface area contributed by atoms with Gasteiger partial charge in [-0.15, -0.1) is 0 Å². The highest BCUT2D eigenvalue weighted by molar-refractivity contribution is 6.40. The van der Waals surface area contributed by atoms with E-state index < -0.39 is 5.91 Å². The smallest absolute Gasteiger partial charge is 0.261 e. The van der Waals surface area contributed by atoms with Crippen molar-refractivity contribution in [3.8, 4) is 0 Å². The summed E-state index contributed by atoms with van der Waals surface area (Å²) in [5.41, 5.74) is 2.13. The maximum atomic E-state index is 12.8. The van der Waals surface area contributed by atoms with E-state index in [0.29, 0.717) is 21.1 Å². The predicted molar refractivity (Wildman–Crippen MR) is 101 cm³/mol. The lowest BCUT2D eigenvalue weighted by atomic mass is 10.1. The molecule has 0 saturated carbocycles. The Balaban J connectivity index is 1.85. The van der Waals surface area contributed by atoms with Gasteiger partial charge in [0.15, 0.2) is 0 Å². The number of anilines is 1. The van der Waals surface area contributed by atoms with Crippen LogP contribution in [0.15, 0.2) is 47.4 Å².